The highest BCUT2D eigenvalue weighted by Crippen LogP contribution is 2.46. The number of rotatable bonds is 7. The second-order valence-electron chi connectivity index (χ2n) is 9.13. The van der Waals surface area contributed by atoms with Crippen LogP contribution in [0.25, 0.3) is 10.6 Å². The molecule has 1 aliphatic heterocycles. The van der Waals surface area contributed by atoms with E-state index in [-0.39, 0.29) is 36.5 Å². The molecule has 2 aromatic heterocycles. The minimum absolute atomic E-state index is 0.0836. The molecule has 17 heteroatoms. The van der Waals surface area contributed by atoms with Crippen LogP contribution in [0.5, 0.6) is 0 Å². The lowest BCUT2D eigenvalue weighted by molar-refractivity contribution is -0.140. The molecule has 2 unspecified atom stereocenters. The van der Waals surface area contributed by atoms with E-state index in [1.807, 2.05) is 0 Å². The number of hydrogen-bond donors (Lipinski definition) is 1. The number of sulfonamides is 1. The molecule has 0 bridgehead atoms. The van der Waals surface area contributed by atoms with Gasteiger partial charge in [-0.15, -0.1) is 11.3 Å². The first-order valence-corrected chi connectivity index (χ1v) is 15.8. The number of thiazole rings is 1. The summed E-state index contributed by atoms with van der Waals surface area (Å²) in [6.07, 6.45) is -1.04. The molecule has 10 nitrogen and oxygen atoms in total. The van der Waals surface area contributed by atoms with Gasteiger partial charge in [-0.2, -0.15) is 21.6 Å². The Morgan fingerprint density at radius 1 is 1.08 bits per heavy atom. The number of nitrogens with one attached hydrogen (secondary N) is 1. The van der Waals surface area contributed by atoms with Crippen molar-refractivity contribution in [2.45, 2.75) is 56.3 Å². The molecule has 2 aliphatic rings. The van der Waals surface area contributed by atoms with Crippen LogP contribution in [0.1, 0.15) is 48.7 Å². The standard InChI is InChI=1S/C20H25F4N5O5S3/c1-36(30,31)29-7-5-12(6-8-29)26-19-25-10-14(21)15(27-19)16-17(20(22,23)24)28-18(35-16)11-3-4-13(9-11)34-37(2,32)33/h10-13H,3-9H2,1-2H3,(H,25,26,27). The van der Waals surface area contributed by atoms with Gasteiger partial charge in [0.05, 0.1) is 34.7 Å². The maximum atomic E-state index is 14.7. The molecular formula is C20H25F4N5O5S3. The van der Waals surface area contributed by atoms with E-state index in [1.54, 1.807) is 0 Å². The van der Waals surface area contributed by atoms with Gasteiger partial charge in [-0.1, -0.05) is 0 Å². The zero-order chi connectivity index (χ0) is 27.2. The van der Waals surface area contributed by atoms with Gasteiger partial charge < -0.3 is 5.32 Å². The van der Waals surface area contributed by atoms with Gasteiger partial charge in [-0.3, -0.25) is 4.18 Å². The number of piperidine rings is 1. The second kappa shape index (κ2) is 10.3. The maximum absolute atomic E-state index is 14.7. The van der Waals surface area contributed by atoms with Crippen molar-refractivity contribution in [3.8, 4) is 10.6 Å². The third kappa shape index (κ3) is 6.93. The van der Waals surface area contributed by atoms with Gasteiger partial charge in [0.2, 0.25) is 16.0 Å². The zero-order valence-corrected chi connectivity index (χ0v) is 22.3. The van der Waals surface area contributed by atoms with Crippen LogP contribution in [0.4, 0.5) is 23.5 Å². The Bertz CT molecular complexity index is 1360. The first-order valence-electron chi connectivity index (χ1n) is 11.3. The van der Waals surface area contributed by atoms with E-state index in [2.05, 4.69) is 20.3 Å². The van der Waals surface area contributed by atoms with E-state index in [9.17, 15) is 34.4 Å². The number of alkyl halides is 3. The quantitative estimate of drug-likeness (QED) is 0.383. The lowest BCUT2D eigenvalue weighted by Crippen LogP contribution is -2.42. The van der Waals surface area contributed by atoms with Crippen LogP contribution >= 0.6 is 11.3 Å². The molecule has 3 heterocycles. The number of halogens is 4. The Labute approximate surface area is 215 Å². The van der Waals surface area contributed by atoms with Gasteiger partial charge in [0, 0.05) is 25.0 Å². The van der Waals surface area contributed by atoms with Crippen LogP contribution in [-0.2, 0) is 30.5 Å². The summed E-state index contributed by atoms with van der Waals surface area (Å²) in [5.41, 5.74) is -1.82. The van der Waals surface area contributed by atoms with Gasteiger partial charge in [0.25, 0.3) is 10.1 Å². The summed E-state index contributed by atoms with van der Waals surface area (Å²) in [6, 6.07) is -0.249. The van der Waals surface area contributed by atoms with E-state index in [0.717, 1.165) is 18.7 Å². The fraction of sp³-hybridized carbons (Fsp3) is 0.650. The molecule has 2 atom stereocenters. The van der Waals surface area contributed by atoms with Gasteiger partial charge in [0.1, 0.15) is 5.69 Å². The first kappa shape index (κ1) is 28.1. The Kier molecular flexibility index (Phi) is 7.82. The molecular weight excluding hydrogens is 562 g/mol. The molecule has 0 amide bonds. The van der Waals surface area contributed by atoms with Gasteiger partial charge in [-0.25, -0.2) is 32.1 Å². The minimum atomic E-state index is -4.88. The van der Waals surface area contributed by atoms with Crippen LogP contribution in [0.15, 0.2) is 6.20 Å². The average Bonchev–Trinajstić information content (AvgIpc) is 3.41. The predicted molar refractivity (Wildman–Crippen MR) is 127 cm³/mol. The van der Waals surface area contributed by atoms with Crippen molar-refractivity contribution in [2.24, 2.45) is 0 Å². The molecule has 1 N–H and O–H groups in total. The Morgan fingerprint density at radius 3 is 2.35 bits per heavy atom. The molecule has 0 spiro atoms. The third-order valence-corrected chi connectivity index (χ3v) is 9.32. The van der Waals surface area contributed by atoms with Crippen molar-refractivity contribution < 1.29 is 38.6 Å². The van der Waals surface area contributed by atoms with Crippen molar-refractivity contribution in [1.29, 1.82) is 0 Å². The third-order valence-electron chi connectivity index (χ3n) is 6.17. The molecule has 1 saturated carbocycles. The summed E-state index contributed by atoms with van der Waals surface area (Å²) >= 11 is 0.661. The minimum Gasteiger partial charge on any atom is -0.351 e. The SMILES string of the molecule is CS(=O)(=O)OC1CCC(c2nc(C(F)(F)F)c(-c3nc(NC4CCN(S(C)(=O)=O)CC4)ncc3F)s2)C1. The van der Waals surface area contributed by atoms with Crippen LogP contribution in [0.2, 0.25) is 0 Å². The fourth-order valence-corrected chi connectivity index (χ4v) is 7.24. The van der Waals surface area contributed by atoms with Gasteiger partial charge >= 0.3 is 6.18 Å². The van der Waals surface area contributed by atoms with Crippen LogP contribution in [0, 0.1) is 5.82 Å². The van der Waals surface area contributed by atoms with Gasteiger partial charge in [-0.05, 0) is 32.1 Å². The molecule has 0 radical (unpaired) electrons. The summed E-state index contributed by atoms with van der Waals surface area (Å²) in [5, 5.41) is 3.06. The van der Waals surface area contributed by atoms with Crippen LogP contribution in [0.3, 0.4) is 0 Å². The molecule has 2 fully saturated rings. The lowest BCUT2D eigenvalue weighted by atomic mass is 10.1. The highest BCUT2D eigenvalue weighted by molar-refractivity contribution is 7.88. The van der Waals surface area contributed by atoms with E-state index >= 15 is 0 Å². The fourth-order valence-electron chi connectivity index (χ4n) is 4.47. The molecule has 0 aromatic carbocycles. The van der Waals surface area contributed by atoms with Gasteiger partial charge in [0.15, 0.2) is 11.5 Å². The topological polar surface area (TPSA) is 131 Å². The van der Waals surface area contributed by atoms with E-state index in [1.165, 1.54) is 4.31 Å². The second-order valence-corrected chi connectivity index (χ2v) is 13.7. The molecule has 1 aliphatic carbocycles. The summed E-state index contributed by atoms with van der Waals surface area (Å²) in [5.74, 6) is -1.61. The maximum Gasteiger partial charge on any atom is 0.434 e. The predicted octanol–water partition coefficient (Wildman–Crippen LogP) is 3.21. The molecule has 206 valence electrons. The number of nitrogens with zero attached hydrogens (tertiary/aromatic N) is 4. The Hall–Kier alpha value is -1.95. The van der Waals surface area contributed by atoms with Crippen molar-refractivity contribution in [3.05, 3.63) is 22.7 Å². The summed E-state index contributed by atoms with van der Waals surface area (Å²) in [6.45, 7) is 0.513. The number of aromatic nitrogens is 3. The summed E-state index contributed by atoms with van der Waals surface area (Å²) < 4.78 is 109. The average molecular weight is 588 g/mol. The Balaban J connectivity index is 1.57. The molecule has 1 saturated heterocycles. The van der Waals surface area contributed by atoms with Crippen molar-refractivity contribution >= 4 is 37.4 Å². The molecule has 4 rings (SSSR count). The first-order chi connectivity index (χ1) is 17.1. The number of anilines is 1. The largest absolute Gasteiger partial charge is 0.434 e. The van der Waals surface area contributed by atoms with Crippen molar-refractivity contribution in [1.82, 2.24) is 19.3 Å². The van der Waals surface area contributed by atoms with Crippen molar-refractivity contribution in [2.75, 3.05) is 30.9 Å². The highest BCUT2D eigenvalue weighted by Gasteiger charge is 2.41. The van der Waals surface area contributed by atoms with Crippen LogP contribution in [-0.4, -0.2) is 73.8 Å². The number of hydrogen-bond acceptors (Lipinski definition) is 10. The normalized spacial score (nSPS) is 22.4. The smallest absolute Gasteiger partial charge is 0.351 e. The lowest BCUT2D eigenvalue weighted by Gasteiger charge is -2.30. The van der Waals surface area contributed by atoms with E-state index in [4.69, 9.17) is 4.18 Å². The monoisotopic (exact) mass is 587 g/mol. The molecule has 37 heavy (non-hydrogen) atoms. The summed E-state index contributed by atoms with van der Waals surface area (Å²) in [4.78, 5) is 11.1. The van der Waals surface area contributed by atoms with Crippen molar-refractivity contribution in [3.63, 3.8) is 0 Å². The highest BCUT2D eigenvalue weighted by atomic mass is 32.2. The Morgan fingerprint density at radius 2 is 1.76 bits per heavy atom. The zero-order valence-electron chi connectivity index (χ0n) is 19.8. The summed E-state index contributed by atoms with van der Waals surface area (Å²) in [7, 11) is -7.05. The van der Waals surface area contributed by atoms with E-state index < -0.39 is 60.4 Å². The van der Waals surface area contributed by atoms with Crippen LogP contribution < -0.4 is 5.32 Å². The molecule has 2 aromatic rings. The van der Waals surface area contributed by atoms with E-state index in [0.29, 0.717) is 37.0 Å².